The lowest BCUT2D eigenvalue weighted by Gasteiger charge is -2.20. The zero-order valence-corrected chi connectivity index (χ0v) is 13.0. The number of benzene rings is 2. The van der Waals surface area contributed by atoms with Crippen LogP contribution in [0.2, 0.25) is 0 Å². The largest absolute Gasteiger partial charge is 0.486 e. The number of carbonyl (C=O) groups is 1. The second-order valence-corrected chi connectivity index (χ2v) is 5.35. The fourth-order valence-corrected chi connectivity index (χ4v) is 2.52. The molecular formula is C19H20NO3. The molecule has 3 rings (SSSR count). The fraction of sp³-hybridized carbons (Fsp3) is 0.263. The molecule has 1 radical (unpaired) electrons. The molecule has 0 atom stereocenters. The number of fused-ring (bicyclic) bond motifs is 1. The molecule has 119 valence electrons. The Hall–Kier alpha value is -2.49. The van der Waals surface area contributed by atoms with Crippen molar-refractivity contribution in [2.45, 2.75) is 12.8 Å². The highest BCUT2D eigenvalue weighted by Crippen LogP contribution is 2.33. The van der Waals surface area contributed by atoms with Crippen molar-refractivity contribution in [1.29, 1.82) is 0 Å². The Kier molecular flexibility index (Phi) is 5.14. The summed E-state index contributed by atoms with van der Waals surface area (Å²) in [5.41, 5.74) is 1.81. The zero-order chi connectivity index (χ0) is 15.9. The number of para-hydroxylation sites is 1. The van der Waals surface area contributed by atoms with Gasteiger partial charge in [-0.25, -0.2) is 0 Å². The van der Waals surface area contributed by atoms with Crippen LogP contribution in [-0.4, -0.2) is 25.7 Å². The molecule has 1 aliphatic heterocycles. The number of hydrogen-bond acceptors (Lipinski definition) is 3. The van der Waals surface area contributed by atoms with Gasteiger partial charge in [0.2, 0.25) is 0 Å². The van der Waals surface area contributed by atoms with Gasteiger partial charge in [-0.3, -0.25) is 4.79 Å². The highest BCUT2D eigenvalue weighted by Gasteiger charge is 2.19. The molecule has 2 aromatic carbocycles. The maximum atomic E-state index is 12.3. The van der Waals surface area contributed by atoms with E-state index >= 15 is 0 Å². The average Bonchev–Trinajstić information content (AvgIpc) is 2.61. The van der Waals surface area contributed by atoms with Gasteiger partial charge in [-0.1, -0.05) is 36.4 Å². The van der Waals surface area contributed by atoms with Gasteiger partial charge < -0.3 is 14.8 Å². The first-order valence-electron chi connectivity index (χ1n) is 7.87. The van der Waals surface area contributed by atoms with E-state index in [1.54, 1.807) is 6.07 Å². The molecule has 0 fully saturated rings. The molecule has 4 nitrogen and oxygen atoms in total. The minimum absolute atomic E-state index is 0.125. The number of unbranched alkanes of at least 4 members (excludes halogenated alkanes) is 1. The normalized spacial score (nSPS) is 12.7. The smallest absolute Gasteiger partial charge is 0.255 e. The molecule has 0 bridgehead atoms. The summed E-state index contributed by atoms with van der Waals surface area (Å²) >= 11 is 0. The lowest BCUT2D eigenvalue weighted by atomic mass is 10.1. The number of amides is 1. The summed E-state index contributed by atoms with van der Waals surface area (Å²) in [6, 6.07) is 15.7. The number of ether oxygens (including phenoxy) is 2. The van der Waals surface area contributed by atoms with Gasteiger partial charge in [-0.15, -0.1) is 0 Å². The van der Waals surface area contributed by atoms with Crippen LogP contribution >= 0.6 is 0 Å². The van der Waals surface area contributed by atoms with Crippen LogP contribution in [0, 0.1) is 6.42 Å². The van der Waals surface area contributed by atoms with Gasteiger partial charge in [0.05, 0.1) is 5.56 Å². The Morgan fingerprint density at radius 1 is 1.04 bits per heavy atom. The Balaban J connectivity index is 1.47. The van der Waals surface area contributed by atoms with Crippen molar-refractivity contribution in [3.8, 4) is 11.5 Å². The Bertz CT molecular complexity index is 655. The Morgan fingerprint density at radius 3 is 2.74 bits per heavy atom. The van der Waals surface area contributed by atoms with E-state index in [2.05, 4.69) is 23.9 Å². The molecule has 0 unspecified atom stereocenters. The summed E-state index contributed by atoms with van der Waals surface area (Å²) in [7, 11) is 0. The van der Waals surface area contributed by atoms with Gasteiger partial charge in [0.1, 0.15) is 13.2 Å². The second kappa shape index (κ2) is 7.68. The molecule has 0 aromatic heterocycles. The van der Waals surface area contributed by atoms with E-state index in [-0.39, 0.29) is 5.91 Å². The lowest BCUT2D eigenvalue weighted by Crippen LogP contribution is -2.26. The van der Waals surface area contributed by atoms with Crippen LogP contribution in [0.25, 0.3) is 0 Å². The third-order valence-corrected chi connectivity index (χ3v) is 3.67. The minimum atomic E-state index is -0.125. The van der Waals surface area contributed by atoms with E-state index in [1.807, 2.05) is 30.3 Å². The fourth-order valence-electron chi connectivity index (χ4n) is 2.52. The number of nitrogens with one attached hydrogen (secondary N) is 1. The van der Waals surface area contributed by atoms with E-state index in [4.69, 9.17) is 9.47 Å². The summed E-state index contributed by atoms with van der Waals surface area (Å²) in [5, 5.41) is 2.93. The van der Waals surface area contributed by atoms with Crippen molar-refractivity contribution in [1.82, 2.24) is 5.32 Å². The van der Waals surface area contributed by atoms with Crippen LogP contribution in [0.3, 0.4) is 0 Å². The minimum Gasteiger partial charge on any atom is -0.486 e. The second-order valence-electron chi connectivity index (χ2n) is 5.35. The third-order valence-electron chi connectivity index (χ3n) is 3.67. The summed E-state index contributed by atoms with van der Waals surface area (Å²) < 4.78 is 11.1. The van der Waals surface area contributed by atoms with Gasteiger partial charge in [0, 0.05) is 6.54 Å². The number of hydrogen-bond donors (Lipinski definition) is 1. The maximum Gasteiger partial charge on any atom is 0.255 e. The van der Waals surface area contributed by atoms with Crippen molar-refractivity contribution >= 4 is 5.91 Å². The van der Waals surface area contributed by atoms with E-state index in [9.17, 15) is 4.79 Å². The standard InChI is InChI=1S/C19H20NO3/c21-19(16-10-6-11-17-18(16)23-14-13-22-17)20-12-5-4-9-15-7-2-1-3-8-15/h1-4,6-8,10-11H,5,9,12-14H2,(H,20,21). The molecule has 1 N–H and O–H groups in total. The summed E-state index contributed by atoms with van der Waals surface area (Å²) in [5.74, 6) is 1.06. The molecule has 2 aromatic rings. The number of rotatable bonds is 6. The molecule has 1 aliphatic rings. The quantitative estimate of drug-likeness (QED) is 0.834. The highest BCUT2D eigenvalue weighted by atomic mass is 16.6. The van der Waals surface area contributed by atoms with Gasteiger partial charge in [-0.2, -0.15) is 0 Å². The SMILES string of the molecule is O=C(NCC[CH]Cc1ccccc1)c1cccc2c1OCCO2. The van der Waals surface area contributed by atoms with Crippen molar-refractivity contribution < 1.29 is 14.3 Å². The van der Waals surface area contributed by atoms with Crippen LogP contribution in [0.4, 0.5) is 0 Å². The molecule has 0 spiro atoms. The van der Waals surface area contributed by atoms with Crippen molar-refractivity contribution in [3.05, 3.63) is 66.1 Å². The molecule has 1 amide bonds. The van der Waals surface area contributed by atoms with Crippen LogP contribution < -0.4 is 14.8 Å². The number of carbonyl (C=O) groups excluding carboxylic acids is 1. The van der Waals surface area contributed by atoms with E-state index in [0.29, 0.717) is 36.8 Å². The zero-order valence-electron chi connectivity index (χ0n) is 13.0. The molecule has 0 saturated carbocycles. The first-order chi connectivity index (χ1) is 11.3. The van der Waals surface area contributed by atoms with E-state index < -0.39 is 0 Å². The predicted molar refractivity (Wildman–Crippen MR) is 88.8 cm³/mol. The topological polar surface area (TPSA) is 47.6 Å². The van der Waals surface area contributed by atoms with E-state index in [0.717, 1.165) is 12.8 Å². The molecular weight excluding hydrogens is 290 g/mol. The van der Waals surface area contributed by atoms with Gasteiger partial charge >= 0.3 is 0 Å². The lowest BCUT2D eigenvalue weighted by molar-refractivity contribution is 0.0943. The summed E-state index contributed by atoms with van der Waals surface area (Å²) in [6.45, 7) is 1.60. The molecule has 0 aliphatic carbocycles. The Morgan fingerprint density at radius 2 is 1.87 bits per heavy atom. The van der Waals surface area contributed by atoms with Crippen LogP contribution in [0.5, 0.6) is 11.5 Å². The van der Waals surface area contributed by atoms with E-state index in [1.165, 1.54) is 5.56 Å². The average molecular weight is 310 g/mol. The van der Waals surface area contributed by atoms with Gasteiger partial charge in [0.25, 0.3) is 5.91 Å². The predicted octanol–water partition coefficient (Wildman–Crippen LogP) is 3.02. The molecule has 0 saturated heterocycles. The van der Waals surface area contributed by atoms with Crippen LogP contribution in [-0.2, 0) is 6.42 Å². The van der Waals surface area contributed by atoms with Crippen LogP contribution in [0.15, 0.2) is 48.5 Å². The summed E-state index contributed by atoms with van der Waals surface area (Å²) in [4.78, 5) is 12.3. The first kappa shape index (κ1) is 15.4. The third kappa shape index (κ3) is 4.03. The van der Waals surface area contributed by atoms with Gasteiger partial charge in [0.15, 0.2) is 11.5 Å². The maximum absolute atomic E-state index is 12.3. The molecule has 1 heterocycles. The first-order valence-corrected chi connectivity index (χ1v) is 7.87. The van der Waals surface area contributed by atoms with Crippen molar-refractivity contribution in [2.75, 3.05) is 19.8 Å². The molecule has 4 heteroatoms. The summed E-state index contributed by atoms with van der Waals surface area (Å²) in [6.07, 6.45) is 3.91. The van der Waals surface area contributed by atoms with Crippen molar-refractivity contribution in [3.63, 3.8) is 0 Å². The van der Waals surface area contributed by atoms with Crippen molar-refractivity contribution in [2.24, 2.45) is 0 Å². The van der Waals surface area contributed by atoms with Crippen LogP contribution in [0.1, 0.15) is 22.3 Å². The monoisotopic (exact) mass is 310 g/mol. The Labute approximate surface area is 136 Å². The highest BCUT2D eigenvalue weighted by molar-refractivity contribution is 5.97. The van der Waals surface area contributed by atoms with Gasteiger partial charge in [-0.05, 0) is 37.0 Å². The molecule has 23 heavy (non-hydrogen) atoms.